The number of hydrogen-bond acceptors (Lipinski definition) is 5. The van der Waals surface area contributed by atoms with Crippen LogP contribution in [-0.2, 0) is 23.0 Å². The number of primary sulfonamides is 1. The highest BCUT2D eigenvalue weighted by molar-refractivity contribution is 7.89. The van der Waals surface area contributed by atoms with E-state index in [-0.39, 0.29) is 4.90 Å². The lowest BCUT2D eigenvalue weighted by Gasteiger charge is -2.13. The Labute approximate surface area is 186 Å². The van der Waals surface area contributed by atoms with Gasteiger partial charge in [-0.05, 0) is 41.2 Å². The monoisotopic (exact) mass is 452 g/mol. The summed E-state index contributed by atoms with van der Waals surface area (Å²) in [4.78, 5) is 8.91. The van der Waals surface area contributed by atoms with Crippen LogP contribution in [0.5, 0.6) is 0 Å². The van der Waals surface area contributed by atoms with Gasteiger partial charge in [-0.2, -0.15) is 0 Å². The third kappa shape index (κ3) is 4.92. The van der Waals surface area contributed by atoms with Gasteiger partial charge in [-0.15, -0.1) is 11.3 Å². The first-order valence-electron chi connectivity index (χ1n) is 9.97. The molecule has 2 aromatic heterocycles. The standard InChI is InChI=1S/C23H24N4O2S2/c1-16(2)13-18-5-8-21(31(24,28)29)20(14-18)19-6-3-17(4-7-19)15-27-11-9-25-22(27)23-26-10-12-30-23/h3-12,14,16H,13,15H2,1-2H3,(H2,24,28,29). The zero-order chi connectivity index (χ0) is 22.0. The van der Waals surface area contributed by atoms with Gasteiger partial charge in [0, 0.05) is 36.1 Å². The summed E-state index contributed by atoms with van der Waals surface area (Å²) in [6.07, 6.45) is 6.34. The molecule has 2 N–H and O–H groups in total. The molecule has 0 saturated heterocycles. The van der Waals surface area contributed by atoms with Gasteiger partial charge in [-0.25, -0.2) is 23.5 Å². The van der Waals surface area contributed by atoms with Gasteiger partial charge in [0.1, 0.15) is 0 Å². The molecule has 0 aliphatic carbocycles. The second-order valence-electron chi connectivity index (χ2n) is 7.89. The lowest BCUT2D eigenvalue weighted by Crippen LogP contribution is -2.13. The normalized spacial score (nSPS) is 11.9. The van der Waals surface area contributed by atoms with E-state index in [1.54, 1.807) is 29.8 Å². The molecule has 0 saturated carbocycles. The summed E-state index contributed by atoms with van der Waals surface area (Å²) in [5, 5.41) is 8.29. The predicted molar refractivity (Wildman–Crippen MR) is 124 cm³/mol. The number of imidazole rings is 1. The number of hydrogen-bond donors (Lipinski definition) is 1. The van der Waals surface area contributed by atoms with Crippen LogP contribution in [0.4, 0.5) is 0 Å². The van der Waals surface area contributed by atoms with Gasteiger partial charge in [0.2, 0.25) is 10.0 Å². The van der Waals surface area contributed by atoms with E-state index < -0.39 is 10.0 Å². The first-order valence-corrected chi connectivity index (χ1v) is 12.4. The predicted octanol–water partition coefficient (Wildman–Crippen LogP) is 4.57. The van der Waals surface area contributed by atoms with Gasteiger partial charge in [0.05, 0.1) is 4.90 Å². The highest BCUT2D eigenvalue weighted by Crippen LogP contribution is 2.29. The Balaban J connectivity index is 1.65. The number of nitrogens with zero attached hydrogens (tertiary/aromatic N) is 3. The van der Waals surface area contributed by atoms with Crippen molar-refractivity contribution in [3.63, 3.8) is 0 Å². The van der Waals surface area contributed by atoms with Crippen molar-refractivity contribution in [2.24, 2.45) is 11.1 Å². The summed E-state index contributed by atoms with van der Waals surface area (Å²) in [6, 6.07) is 13.3. The van der Waals surface area contributed by atoms with E-state index in [0.29, 0.717) is 18.0 Å². The SMILES string of the molecule is CC(C)Cc1ccc(S(N)(=O)=O)c(-c2ccc(Cn3ccnc3-c3nccs3)cc2)c1. The first-order chi connectivity index (χ1) is 14.8. The molecule has 2 aromatic carbocycles. The number of aromatic nitrogens is 3. The summed E-state index contributed by atoms with van der Waals surface area (Å²) in [7, 11) is -3.83. The molecule has 0 bridgehead atoms. The maximum Gasteiger partial charge on any atom is 0.238 e. The van der Waals surface area contributed by atoms with Crippen LogP contribution in [-0.4, -0.2) is 23.0 Å². The van der Waals surface area contributed by atoms with Crippen molar-refractivity contribution in [3.8, 4) is 22.0 Å². The zero-order valence-electron chi connectivity index (χ0n) is 17.4. The molecule has 0 spiro atoms. The van der Waals surface area contributed by atoms with E-state index in [0.717, 1.165) is 33.9 Å². The minimum Gasteiger partial charge on any atom is -0.325 e. The van der Waals surface area contributed by atoms with E-state index in [2.05, 4.69) is 23.8 Å². The van der Waals surface area contributed by atoms with Crippen molar-refractivity contribution < 1.29 is 8.42 Å². The van der Waals surface area contributed by atoms with Crippen LogP contribution in [0.3, 0.4) is 0 Å². The fourth-order valence-corrected chi connectivity index (χ4v) is 4.99. The zero-order valence-corrected chi connectivity index (χ0v) is 19.0. The maximum absolute atomic E-state index is 12.2. The summed E-state index contributed by atoms with van der Waals surface area (Å²) in [5.74, 6) is 1.30. The fourth-order valence-electron chi connectivity index (χ4n) is 3.60. The molecule has 4 aromatic rings. The molecule has 0 fully saturated rings. The Kier molecular flexibility index (Phi) is 6.04. The van der Waals surface area contributed by atoms with Crippen LogP contribution in [0.15, 0.2) is 71.3 Å². The molecule has 0 aliphatic rings. The molecule has 8 heteroatoms. The van der Waals surface area contributed by atoms with Gasteiger partial charge in [0.15, 0.2) is 10.8 Å². The van der Waals surface area contributed by atoms with Crippen LogP contribution >= 0.6 is 11.3 Å². The Morgan fingerprint density at radius 3 is 2.42 bits per heavy atom. The third-order valence-corrected chi connectivity index (χ3v) is 6.69. The average molecular weight is 453 g/mol. The molecule has 6 nitrogen and oxygen atoms in total. The smallest absolute Gasteiger partial charge is 0.238 e. The van der Waals surface area contributed by atoms with E-state index in [4.69, 9.17) is 5.14 Å². The molecule has 160 valence electrons. The molecular weight excluding hydrogens is 428 g/mol. The second-order valence-corrected chi connectivity index (χ2v) is 10.3. The largest absolute Gasteiger partial charge is 0.325 e. The van der Waals surface area contributed by atoms with Gasteiger partial charge in [0.25, 0.3) is 0 Å². The minimum atomic E-state index is -3.83. The van der Waals surface area contributed by atoms with Gasteiger partial charge < -0.3 is 4.57 Å². The Bertz CT molecular complexity index is 1280. The van der Waals surface area contributed by atoms with E-state index in [1.165, 1.54) is 0 Å². The molecule has 0 unspecified atom stereocenters. The number of nitrogens with two attached hydrogens (primary N) is 1. The van der Waals surface area contributed by atoms with Gasteiger partial charge in [-0.1, -0.05) is 44.2 Å². The average Bonchev–Trinajstić information content (AvgIpc) is 3.39. The number of sulfonamides is 1. The van der Waals surface area contributed by atoms with Crippen molar-refractivity contribution >= 4 is 21.4 Å². The third-order valence-electron chi connectivity index (χ3n) is 4.95. The fraction of sp³-hybridized carbons (Fsp3) is 0.217. The van der Waals surface area contributed by atoms with Crippen LogP contribution < -0.4 is 5.14 Å². The van der Waals surface area contributed by atoms with E-state index >= 15 is 0 Å². The van der Waals surface area contributed by atoms with E-state index in [9.17, 15) is 8.42 Å². The number of benzene rings is 2. The van der Waals surface area contributed by atoms with Crippen molar-refractivity contribution in [2.75, 3.05) is 0 Å². The van der Waals surface area contributed by atoms with E-state index in [1.807, 2.05) is 52.5 Å². The minimum absolute atomic E-state index is 0.147. The van der Waals surface area contributed by atoms with Crippen molar-refractivity contribution in [1.29, 1.82) is 0 Å². The molecule has 0 amide bonds. The Hall–Kier alpha value is -2.81. The van der Waals surface area contributed by atoms with Crippen molar-refractivity contribution in [3.05, 3.63) is 77.6 Å². The van der Waals surface area contributed by atoms with Crippen molar-refractivity contribution in [2.45, 2.75) is 31.7 Å². The molecule has 0 atom stereocenters. The maximum atomic E-state index is 12.2. The van der Waals surface area contributed by atoms with Crippen LogP contribution in [0, 0.1) is 5.92 Å². The Morgan fingerprint density at radius 2 is 1.77 bits per heavy atom. The molecular formula is C23H24N4O2S2. The number of thiazole rings is 1. The lowest BCUT2D eigenvalue weighted by molar-refractivity contribution is 0.598. The number of rotatable bonds is 7. The molecule has 31 heavy (non-hydrogen) atoms. The lowest BCUT2D eigenvalue weighted by atomic mass is 9.97. The van der Waals surface area contributed by atoms with Crippen LogP contribution in [0.1, 0.15) is 25.0 Å². The second kappa shape index (κ2) is 8.74. The topological polar surface area (TPSA) is 90.9 Å². The van der Waals surface area contributed by atoms with Crippen molar-refractivity contribution in [1.82, 2.24) is 14.5 Å². The summed E-state index contributed by atoms with van der Waals surface area (Å²) >= 11 is 1.55. The highest BCUT2D eigenvalue weighted by Gasteiger charge is 2.17. The summed E-state index contributed by atoms with van der Waals surface area (Å²) in [6.45, 7) is 4.92. The highest BCUT2D eigenvalue weighted by atomic mass is 32.2. The molecule has 2 heterocycles. The molecule has 0 radical (unpaired) electrons. The first kappa shape index (κ1) is 21.4. The van der Waals surface area contributed by atoms with Gasteiger partial charge >= 0.3 is 0 Å². The molecule has 0 aliphatic heterocycles. The Morgan fingerprint density at radius 1 is 1.03 bits per heavy atom. The van der Waals surface area contributed by atoms with Crippen LogP contribution in [0.25, 0.3) is 22.0 Å². The van der Waals surface area contributed by atoms with Gasteiger partial charge in [-0.3, -0.25) is 0 Å². The molecule has 4 rings (SSSR count). The quantitative estimate of drug-likeness (QED) is 0.445. The summed E-state index contributed by atoms with van der Waals surface area (Å²) in [5.41, 5.74) is 3.63. The summed E-state index contributed by atoms with van der Waals surface area (Å²) < 4.78 is 26.4. The van der Waals surface area contributed by atoms with Crippen LogP contribution in [0.2, 0.25) is 0 Å².